The Bertz CT molecular complexity index is 1010. The molecule has 0 fully saturated rings. The van der Waals surface area contributed by atoms with Crippen molar-refractivity contribution in [1.29, 1.82) is 0 Å². The maximum absolute atomic E-state index is 6.40. The molecule has 0 saturated carbocycles. The number of aromatic nitrogens is 2. The minimum Gasteiger partial charge on any atom is -0.366 e. The summed E-state index contributed by atoms with van der Waals surface area (Å²) < 4.78 is 2.14. The molecule has 0 atom stereocenters. The molecule has 2 nitrogen and oxygen atoms in total. The van der Waals surface area contributed by atoms with E-state index in [0.29, 0.717) is 10.0 Å². The largest absolute Gasteiger partial charge is 0.366 e. The molecule has 1 N–H and O–H groups in total. The lowest BCUT2D eigenvalue weighted by Gasteiger charge is -2.06. The molecule has 0 aliphatic carbocycles. The van der Waals surface area contributed by atoms with Crippen LogP contribution in [-0.4, -0.2) is 9.55 Å². The molecule has 2 heterocycles. The Kier molecular flexibility index (Phi) is 3.44. The van der Waals surface area contributed by atoms with Crippen molar-refractivity contribution in [2.45, 2.75) is 0 Å². The fourth-order valence-electron chi connectivity index (χ4n) is 3.07. The third-order valence-electron chi connectivity index (χ3n) is 4.15. The molecule has 2 aromatic heterocycles. The van der Waals surface area contributed by atoms with Crippen LogP contribution >= 0.6 is 23.2 Å². The lowest BCUT2D eigenvalue weighted by molar-refractivity contribution is 0.970. The maximum Gasteiger partial charge on any atom is 0.0499 e. The average Bonchev–Trinajstić information content (AvgIpc) is 3.13. The van der Waals surface area contributed by atoms with Crippen molar-refractivity contribution in [3.63, 3.8) is 0 Å². The number of aryl methyl sites for hydroxylation is 1. The molecular weight excluding hydrogens is 327 g/mol. The number of fused-ring (bicyclic) bond motifs is 1. The van der Waals surface area contributed by atoms with Crippen molar-refractivity contribution in [3.05, 3.63) is 71.1 Å². The zero-order valence-electron chi connectivity index (χ0n) is 12.5. The van der Waals surface area contributed by atoms with Gasteiger partial charge in [-0.2, -0.15) is 0 Å². The van der Waals surface area contributed by atoms with Crippen molar-refractivity contribution >= 4 is 34.1 Å². The van der Waals surface area contributed by atoms with Crippen LogP contribution in [0.5, 0.6) is 0 Å². The number of nitrogens with one attached hydrogen (secondary N) is 1. The fraction of sp³-hybridized carbons (Fsp3) is 0.0526. The van der Waals surface area contributed by atoms with E-state index in [1.54, 1.807) is 6.07 Å². The monoisotopic (exact) mass is 340 g/mol. The van der Waals surface area contributed by atoms with Crippen LogP contribution in [0.4, 0.5) is 0 Å². The Labute approximate surface area is 144 Å². The highest BCUT2D eigenvalue weighted by Gasteiger charge is 2.15. The van der Waals surface area contributed by atoms with Crippen LogP contribution in [0.15, 0.2) is 61.1 Å². The molecule has 0 spiro atoms. The number of halogens is 2. The van der Waals surface area contributed by atoms with Crippen molar-refractivity contribution < 1.29 is 0 Å². The van der Waals surface area contributed by atoms with Gasteiger partial charge in [0.15, 0.2) is 0 Å². The second kappa shape index (κ2) is 5.48. The second-order valence-corrected chi connectivity index (χ2v) is 6.42. The number of para-hydroxylation sites is 1. The van der Waals surface area contributed by atoms with Gasteiger partial charge >= 0.3 is 0 Å². The van der Waals surface area contributed by atoms with Gasteiger partial charge in [-0.15, -0.1) is 0 Å². The van der Waals surface area contributed by atoms with Gasteiger partial charge in [0.25, 0.3) is 0 Å². The van der Waals surface area contributed by atoms with Crippen LogP contribution in [0, 0.1) is 0 Å². The van der Waals surface area contributed by atoms with E-state index >= 15 is 0 Å². The molecule has 0 aliphatic rings. The van der Waals surface area contributed by atoms with Crippen molar-refractivity contribution in [3.8, 4) is 22.3 Å². The van der Waals surface area contributed by atoms with E-state index < -0.39 is 0 Å². The highest BCUT2D eigenvalue weighted by molar-refractivity contribution is 6.36. The molecule has 4 aromatic rings. The van der Waals surface area contributed by atoms with Gasteiger partial charge in [-0.3, -0.25) is 0 Å². The number of hydrogen-bond donors (Lipinski definition) is 1. The summed E-state index contributed by atoms with van der Waals surface area (Å²) in [5.41, 5.74) is 5.57. The summed E-state index contributed by atoms with van der Waals surface area (Å²) in [5.74, 6) is 0. The van der Waals surface area contributed by atoms with Crippen LogP contribution in [0.1, 0.15) is 0 Å². The van der Waals surface area contributed by atoms with Crippen LogP contribution in [0.2, 0.25) is 10.0 Å². The Morgan fingerprint density at radius 2 is 1.61 bits per heavy atom. The van der Waals surface area contributed by atoms with E-state index in [1.165, 1.54) is 16.5 Å². The predicted octanol–water partition coefficient (Wildman–Crippen LogP) is 6.15. The Morgan fingerprint density at radius 3 is 2.39 bits per heavy atom. The normalized spacial score (nSPS) is 11.3. The van der Waals surface area contributed by atoms with E-state index in [2.05, 4.69) is 47.1 Å². The Balaban J connectivity index is 1.96. The first kappa shape index (κ1) is 14.4. The molecule has 0 aliphatic heterocycles. The molecule has 114 valence electrons. The fourth-order valence-corrected chi connectivity index (χ4v) is 3.58. The first-order valence-corrected chi connectivity index (χ1v) is 8.07. The quantitative estimate of drug-likeness (QED) is 0.452. The van der Waals surface area contributed by atoms with Gasteiger partial charge in [-0.25, -0.2) is 0 Å². The van der Waals surface area contributed by atoms with Gasteiger partial charge < -0.3 is 9.55 Å². The molecule has 4 heteroatoms. The zero-order chi connectivity index (χ0) is 16.0. The van der Waals surface area contributed by atoms with E-state index in [-0.39, 0.29) is 0 Å². The molecule has 0 amide bonds. The third kappa shape index (κ3) is 2.35. The van der Waals surface area contributed by atoms with Crippen molar-refractivity contribution in [2.75, 3.05) is 0 Å². The van der Waals surface area contributed by atoms with Crippen LogP contribution in [0.3, 0.4) is 0 Å². The van der Waals surface area contributed by atoms with E-state index in [1.807, 2.05) is 24.5 Å². The maximum atomic E-state index is 6.40. The van der Waals surface area contributed by atoms with Gasteiger partial charge in [0, 0.05) is 68.8 Å². The number of aromatic amines is 1. The standard InChI is InChI=1S/C19H14Cl2N2/c1-23-11-17(14-4-2-3-5-19(14)23)16-10-22-9-15(16)13-7-6-12(20)8-18(13)21/h2-11,22H,1H3. The summed E-state index contributed by atoms with van der Waals surface area (Å²) in [5, 5.41) is 2.51. The zero-order valence-corrected chi connectivity index (χ0v) is 14.0. The number of rotatable bonds is 2. The first-order chi connectivity index (χ1) is 11.1. The predicted molar refractivity (Wildman–Crippen MR) is 98.2 cm³/mol. The molecule has 4 rings (SSSR count). The van der Waals surface area contributed by atoms with Crippen LogP contribution < -0.4 is 0 Å². The summed E-state index contributed by atoms with van der Waals surface area (Å²) in [6.07, 6.45) is 6.15. The molecule has 0 bridgehead atoms. The molecule has 23 heavy (non-hydrogen) atoms. The lowest BCUT2D eigenvalue weighted by Crippen LogP contribution is -1.82. The molecule has 0 radical (unpaired) electrons. The second-order valence-electron chi connectivity index (χ2n) is 5.58. The molecule has 2 aromatic carbocycles. The Hall–Kier alpha value is -2.16. The molecular formula is C19H14Cl2N2. The molecule has 0 saturated heterocycles. The summed E-state index contributed by atoms with van der Waals surface area (Å²) in [4.78, 5) is 3.21. The van der Waals surface area contributed by atoms with Crippen LogP contribution in [-0.2, 0) is 7.05 Å². The van der Waals surface area contributed by atoms with Crippen molar-refractivity contribution in [2.24, 2.45) is 7.05 Å². The van der Waals surface area contributed by atoms with Crippen molar-refractivity contribution in [1.82, 2.24) is 9.55 Å². The highest BCUT2D eigenvalue weighted by Crippen LogP contribution is 2.39. The summed E-state index contributed by atoms with van der Waals surface area (Å²) >= 11 is 12.4. The molecule has 0 unspecified atom stereocenters. The summed E-state index contributed by atoms with van der Waals surface area (Å²) in [6, 6.07) is 14.0. The van der Waals surface area contributed by atoms with E-state index in [4.69, 9.17) is 23.2 Å². The van der Waals surface area contributed by atoms with E-state index in [9.17, 15) is 0 Å². The number of hydrogen-bond acceptors (Lipinski definition) is 0. The van der Waals surface area contributed by atoms with E-state index in [0.717, 1.165) is 16.7 Å². The van der Waals surface area contributed by atoms with Gasteiger partial charge in [-0.05, 0) is 18.2 Å². The Morgan fingerprint density at radius 1 is 0.870 bits per heavy atom. The highest BCUT2D eigenvalue weighted by atomic mass is 35.5. The minimum absolute atomic E-state index is 0.640. The number of benzene rings is 2. The smallest absolute Gasteiger partial charge is 0.0499 e. The van der Waals surface area contributed by atoms with Gasteiger partial charge in [0.1, 0.15) is 0 Å². The topological polar surface area (TPSA) is 20.7 Å². The average molecular weight is 341 g/mol. The third-order valence-corrected chi connectivity index (χ3v) is 4.70. The van der Waals surface area contributed by atoms with Gasteiger partial charge in [-0.1, -0.05) is 47.5 Å². The lowest BCUT2D eigenvalue weighted by atomic mass is 9.99. The summed E-state index contributed by atoms with van der Waals surface area (Å²) in [6.45, 7) is 0. The first-order valence-electron chi connectivity index (χ1n) is 7.32. The number of nitrogens with zero attached hydrogens (tertiary/aromatic N) is 1. The SMILES string of the molecule is Cn1cc(-c2c[nH]cc2-c2ccc(Cl)cc2Cl)c2ccccc21. The van der Waals surface area contributed by atoms with Gasteiger partial charge in [0.2, 0.25) is 0 Å². The van der Waals surface area contributed by atoms with Crippen LogP contribution in [0.25, 0.3) is 33.2 Å². The number of H-pyrrole nitrogens is 1. The van der Waals surface area contributed by atoms with Gasteiger partial charge in [0.05, 0.1) is 0 Å². The minimum atomic E-state index is 0.640. The summed E-state index contributed by atoms with van der Waals surface area (Å²) in [7, 11) is 2.06.